The zero-order valence-electron chi connectivity index (χ0n) is 12.0. The molecule has 0 radical (unpaired) electrons. The summed E-state index contributed by atoms with van der Waals surface area (Å²) in [6.07, 6.45) is 1.54. The molecule has 1 aliphatic heterocycles. The molecule has 22 heavy (non-hydrogen) atoms. The smallest absolute Gasteiger partial charge is 0.261 e. The molecule has 0 aliphatic carbocycles. The number of imide groups is 1. The summed E-state index contributed by atoms with van der Waals surface area (Å²) in [5, 5.41) is 13.5. The van der Waals surface area contributed by atoms with Gasteiger partial charge >= 0.3 is 0 Å². The normalized spacial score (nSPS) is 13.6. The number of aliphatic hydroxyl groups is 1. The first-order valence-electron chi connectivity index (χ1n) is 7.06. The number of hydrogen-bond acceptors (Lipinski definition) is 4. The largest absolute Gasteiger partial charge is 0.395 e. The van der Waals surface area contributed by atoms with Gasteiger partial charge < -0.3 is 10.4 Å². The summed E-state index contributed by atoms with van der Waals surface area (Å²) < 4.78 is 0. The van der Waals surface area contributed by atoms with E-state index in [4.69, 9.17) is 5.11 Å². The van der Waals surface area contributed by atoms with E-state index in [-0.39, 0.29) is 25.0 Å². The number of carbonyl (C=O) groups excluding carboxylic acids is 2. The molecule has 1 heterocycles. The first-order chi connectivity index (χ1) is 10.7. The summed E-state index contributed by atoms with van der Waals surface area (Å²) in [7, 11) is 0. The predicted molar refractivity (Wildman–Crippen MR) is 85.1 cm³/mol. The molecule has 0 spiro atoms. The fourth-order valence-corrected chi connectivity index (χ4v) is 2.79. The second-order valence-corrected chi connectivity index (χ2v) is 5.05. The lowest BCUT2D eigenvalue weighted by molar-refractivity contribution is 0.0629. The van der Waals surface area contributed by atoms with Crippen molar-refractivity contribution in [3.05, 3.63) is 54.1 Å². The van der Waals surface area contributed by atoms with Crippen LogP contribution < -0.4 is 5.32 Å². The number of amides is 2. The quantitative estimate of drug-likeness (QED) is 0.654. The van der Waals surface area contributed by atoms with Gasteiger partial charge in [-0.15, -0.1) is 6.58 Å². The average molecular weight is 296 g/mol. The third kappa shape index (κ3) is 2.07. The third-order valence-corrected chi connectivity index (χ3v) is 3.73. The minimum atomic E-state index is -0.303. The van der Waals surface area contributed by atoms with E-state index in [0.717, 1.165) is 11.1 Å². The van der Waals surface area contributed by atoms with E-state index in [1.807, 2.05) is 6.07 Å². The summed E-state index contributed by atoms with van der Waals surface area (Å²) >= 11 is 0. The zero-order valence-corrected chi connectivity index (χ0v) is 12.0. The Kier molecular flexibility index (Phi) is 3.65. The summed E-state index contributed by atoms with van der Waals surface area (Å²) in [5.74, 6) is -0.607. The molecule has 2 aromatic rings. The zero-order chi connectivity index (χ0) is 15.7. The summed E-state index contributed by atoms with van der Waals surface area (Å²) in [4.78, 5) is 26.3. The molecule has 2 aromatic carbocycles. The molecule has 0 aromatic heterocycles. The van der Waals surface area contributed by atoms with Gasteiger partial charge in [0.25, 0.3) is 11.8 Å². The van der Waals surface area contributed by atoms with Gasteiger partial charge in [0.15, 0.2) is 0 Å². The molecule has 0 bridgehead atoms. The van der Waals surface area contributed by atoms with Crippen molar-refractivity contribution in [2.45, 2.75) is 0 Å². The number of hydrogen-bond donors (Lipinski definition) is 2. The fraction of sp³-hybridized carbons (Fsp3) is 0.176. The van der Waals surface area contributed by atoms with Gasteiger partial charge in [0.05, 0.1) is 6.61 Å². The Labute approximate surface area is 127 Å². The van der Waals surface area contributed by atoms with E-state index in [0.29, 0.717) is 23.1 Å². The van der Waals surface area contributed by atoms with Crippen LogP contribution in [0.25, 0.3) is 10.8 Å². The minimum Gasteiger partial charge on any atom is -0.395 e. The van der Waals surface area contributed by atoms with Gasteiger partial charge in [-0.1, -0.05) is 18.2 Å². The highest BCUT2D eigenvalue weighted by atomic mass is 16.3. The van der Waals surface area contributed by atoms with Crippen molar-refractivity contribution < 1.29 is 14.7 Å². The first-order valence-corrected chi connectivity index (χ1v) is 7.06. The maximum Gasteiger partial charge on any atom is 0.261 e. The number of anilines is 1. The molecule has 5 heteroatoms. The van der Waals surface area contributed by atoms with E-state index in [1.165, 1.54) is 11.0 Å². The lowest BCUT2D eigenvalue weighted by Crippen LogP contribution is -2.40. The summed E-state index contributed by atoms with van der Waals surface area (Å²) in [5.41, 5.74) is 1.83. The Bertz CT molecular complexity index is 761. The molecule has 0 saturated carbocycles. The van der Waals surface area contributed by atoms with Crippen LogP contribution in [0.2, 0.25) is 0 Å². The molecule has 0 saturated heterocycles. The lowest BCUT2D eigenvalue weighted by atomic mass is 9.93. The number of rotatable bonds is 5. The van der Waals surface area contributed by atoms with Crippen molar-refractivity contribution in [2.75, 3.05) is 25.0 Å². The van der Waals surface area contributed by atoms with E-state index in [9.17, 15) is 9.59 Å². The highest BCUT2D eigenvalue weighted by Crippen LogP contribution is 2.34. The Balaban J connectivity index is 2.22. The topological polar surface area (TPSA) is 69.6 Å². The van der Waals surface area contributed by atoms with Crippen LogP contribution in [0.5, 0.6) is 0 Å². The van der Waals surface area contributed by atoms with Crippen LogP contribution in [0.15, 0.2) is 43.0 Å². The second kappa shape index (κ2) is 5.61. The highest BCUT2D eigenvalue weighted by molar-refractivity contribution is 6.26. The number of benzene rings is 2. The molecular weight excluding hydrogens is 280 g/mol. The third-order valence-electron chi connectivity index (χ3n) is 3.73. The van der Waals surface area contributed by atoms with Gasteiger partial charge in [0.1, 0.15) is 0 Å². The maximum absolute atomic E-state index is 12.5. The van der Waals surface area contributed by atoms with E-state index < -0.39 is 0 Å². The van der Waals surface area contributed by atoms with Crippen molar-refractivity contribution in [3.63, 3.8) is 0 Å². The molecule has 0 fully saturated rings. The summed E-state index contributed by atoms with van der Waals surface area (Å²) in [6, 6.07) is 8.91. The van der Waals surface area contributed by atoms with E-state index in [1.54, 1.807) is 24.3 Å². The molecule has 3 rings (SSSR count). The van der Waals surface area contributed by atoms with Crippen LogP contribution in [-0.4, -0.2) is 41.5 Å². The predicted octanol–water partition coefficient (Wildman–Crippen LogP) is 2.03. The summed E-state index contributed by atoms with van der Waals surface area (Å²) in [6.45, 7) is 4.20. The molecule has 1 aliphatic rings. The second-order valence-electron chi connectivity index (χ2n) is 5.05. The van der Waals surface area contributed by atoms with Crippen LogP contribution in [0, 0.1) is 0 Å². The monoisotopic (exact) mass is 296 g/mol. The first kappa shape index (κ1) is 14.3. The average Bonchev–Trinajstić information content (AvgIpc) is 2.54. The maximum atomic E-state index is 12.5. The highest BCUT2D eigenvalue weighted by Gasteiger charge is 2.32. The van der Waals surface area contributed by atoms with Crippen molar-refractivity contribution in [1.82, 2.24) is 4.90 Å². The molecule has 0 atom stereocenters. The van der Waals surface area contributed by atoms with Gasteiger partial charge in [-0.3, -0.25) is 14.5 Å². The molecule has 5 nitrogen and oxygen atoms in total. The van der Waals surface area contributed by atoms with Crippen molar-refractivity contribution in [3.8, 4) is 0 Å². The fourth-order valence-electron chi connectivity index (χ4n) is 2.79. The van der Waals surface area contributed by atoms with E-state index in [2.05, 4.69) is 11.9 Å². The SMILES string of the molecule is C=CCN1C(=O)c2cccc3c(NCCO)ccc(c23)C1=O. The van der Waals surface area contributed by atoms with Crippen LogP contribution in [0.1, 0.15) is 20.7 Å². The number of nitrogens with one attached hydrogen (secondary N) is 1. The lowest BCUT2D eigenvalue weighted by Gasteiger charge is -2.27. The standard InChI is InChI=1S/C17H16N2O3/c1-2-9-19-16(21)12-5-3-4-11-14(18-8-10-20)7-6-13(15(11)12)17(19)22/h2-7,18,20H,1,8-10H2. The Morgan fingerprint density at radius 1 is 1.14 bits per heavy atom. The van der Waals surface area contributed by atoms with Gasteiger partial charge in [-0.2, -0.15) is 0 Å². The number of nitrogens with zero attached hydrogens (tertiary/aromatic N) is 1. The minimum absolute atomic E-state index is 0.00785. The molecule has 2 amide bonds. The van der Waals surface area contributed by atoms with E-state index >= 15 is 0 Å². The van der Waals surface area contributed by atoms with Gasteiger partial charge in [0.2, 0.25) is 0 Å². The molecule has 0 unspecified atom stereocenters. The number of aliphatic hydroxyl groups excluding tert-OH is 1. The van der Waals surface area contributed by atoms with Gasteiger partial charge in [-0.05, 0) is 18.2 Å². The van der Waals surface area contributed by atoms with Crippen LogP contribution in [0.4, 0.5) is 5.69 Å². The van der Waals surface area contributed by atoms with Crippen LogP contribution >= 0.6 is 0 Å². The Hall–Kier alpha value is -2.66. The van der Waals surface area contributed by atoms with Gasteiger partial charge in [0, 0.05) is 40.7 Å². The Morgan fingerprint density at radius 3 is 2.55 bits per heavy atom. The molecule has 112 valence electrons. The van der Waals surface area contributed by atoms with Gasteiger partial charge in [-0.25, -0.2) is 0 Å². The number of carbonyl (C=O) groups is 2. The van der Waals surface area contributed by atoms with Crippen LogP contribution in [0.3, 0.4) is 0 Å². The van der Waals surface area contributed by atoms with Crippen molar-refractivity contribution >= 4 is 28.3 Å². The molecule has 2 N–H and O–H groups in total. The van der Waals surface area contributed by atoms with Crippen molar-refractivity contribution in [1.29, 1.82) is 0 Å². The Morgan fingerprint density at radius 2 is 1.86 bits per heavy atom. The van der Waals surface area contributed by atoms with Crippen molar-refractivity contribution in [2.24, 2.45) is 0 Å². The van der Waals surface area contributed by atoms with Crippen LogP contribution in [-0.2, 0) is 0 Å². The molecular formula is C17H16N2O3.